The van der Waals surface area contributed by atoms with Crippen molar-refractivity contribution in [2.75, 3.05) is 12.4 Å². The van der Waals surface area contributed by atoms with Crippen LogP contribution in [-0.4, -0.2) is 71.7 Å². The maximum Gasteiger partial charge on any atom is 0.303 e. The van der Waals surface area contributed by atoms with Crippen molar-refractivity contribution in [1.29, 1.82) is 5.26 Å². The summed E-state index contributed by atoms with van der Waals surface area (Å²) in [5.74, 6) is -1.14. The third-order valence-electron chi connectivity index (χ3n) is 6.18. The van der Waals surface area contributed by atoms with Gasteiger partial charge in [0.2, 0.25) is 0 Å². The molecule has 0 amide bonds. The molecule has 32 heavy (non-hydrogen) atoms. The largest absolute Gasteiger partial charge is 0.463 e. The van der Waals surface area contributed by atoms with Gasteiger partial charge in [-0.05, 0) is 6.42 Å². The fourth-order valence-electron chi connectivity index (χ4n) is 4.19. The zero-order valence-corrected chi connectivity index (χ0v) is 20.4. The highest BCUT2D eigenvalue weighted by molar-refractivity contribution is 7.99. The van der Waals surface area contributed by atoms with Crippen LogP contribution in [0.4, 0.5) is 0 Å². The second-order valence-corrected chi connectivity index (χ2v) is 9.60. The minimum atomic E-state index is -0.863. The number of nitrogens with zero attached hydrogens (tertiary/aromatic N) is 1. The van der Waals surface area contributed by atoms with Gasteiger partial charge in [-0.2, -0.15) is 5.26 Å². The highest BCUT2D eigenvalue weighted by Crippen LogP contribution is 2.39. The lowest BCUT2D eigenvalue weighted by atomic mass is 9.84. The van der Waals surface area contributed by atoms with Crippen molar-refractivity contribution in [3.63, 3.8) is 0 Å². The molecule has 0 bridgehead atoms. The van der Waals surface area contributed by atoms with E-state index in [4.69, 9.17) is 28.9 Å². The Balaban J connectivity index is 2.21. The molecule has 2 saturated heterocycles. The molecule has 1 N–H and O–H groups in total. The topological polar surface area (TPSA) is 124 Å². The second kappa shape index (κ2) is 12.2. The van der Waals surface area contributed by atoms with Gasteiger partial charge in [0, 0.05) is 31.6 Å². The summed E-state index contributed by atoms with van der Waals surface area (Å²) in [5, 5.41) is 19.9. The van der Waals surface area contributed by atoms with Crippen LogP contribution in [0.1, 0.15) is 48.0 Å². The van der Waals surface area contributed by atoms with Gasteiger partial charge in [-0.1, -0.05) is 27.7 Å². The molecule has 0 radical (unpaired) electrons. The molecule has 182 valence electrons. The number of hydrogen-bond acceptors (Lipinski definition) is 10. The normalized spacial score (nSPS) is 39.7. The highest BCUT2D eigenvalue weighted by atomic mass is 32.2. The lowest BCUT2D eigenvalue weighted by Gasteiger charge is -2.48. The molecule has 2 aliphatic rings. The molecule has 0 aromatic rings. The van der Waals surface area contributed by atoms with Gasteiger partial charge in [0.05, 0.1) is 24.0 Å². The zero-order valence-electron chi connectivity index (χ0n) is 19.6. The Bertz CT molecular complexity index is 685. The number of rotatable bonds is 8. The number of nitriles is 1. The van der Waals surface area contributed by atoms with Crippen molar-refractivity contribution in [3.05, 3.63) is 0 Å². The molecule has 0 saturated carbocycles. The molecule has 2 rings (SSSR count). The van der Waals surface area contributed by atoms with Crippen LogP contribution < -0.4 is 0 Å². The van der Waals surface area contributed by atoms with Crippen LogP contribution in [0.25, 0.3) is 0 Å². The van der Waals surface area contributed by atoms with Crippen molar-refractivity contribution < 1.29 is 38.4 Å². The molecule has 2 aliphatic heterocycles. The van der Waals surface area contributed by atoms with Crippen molar-refractivity contribution in [2.24, 2.45) is 17.8 Å². The Labute approximate surface area is 194 Å². The standard InChI is InChI=1S/C22H35NO8S/c1-7-16-18(26)20(13(4)22(30-16)32-9-8-23)31-21-12(3)11(2)19(28-15(6)25)17(29-21)10-27-14(5)24/h11-13,16-22,26H,7,9-10H2,1-6H3/t11?,12?,13-,16?,17?,18+,19+,20?,21-,22-/m0/s1. The van der Waals surface area contributed by atoms with Gasteiger partial charge in [0.15, 0.2) is 6.29 Å². The van der Waals surface area contributed by atoms with E-state index in [1.165, 1.54) is 25.6 Å². The zero-order chi connectivity index (χ0) is 24.0. The molecule has 2 heterocycles. The summed E-state index contributed by atoms with van der Waals surface area (Å²) in [4.78, 5) is 23.0. The third-order valence-corrected chi connectivity index (χ3v) is 7.35. The van der Waals surface area contributed by atoms with Crippen molar-refractivity contribution in [3.8, 4) is 6.07 Å². The summed E-state index contributed by atoms with van der Waals surface area (Å²) in [6, 6.07) is 2.11. The number of aliphatic hydroxyl groups is 1. The number of aliphatic hydroxyl groups excluding tert-OH is 1. The maximum absolute atomic E-state index is 11.6. The van der Waals surface area contributed by atoms with E-state index in [9.17, 15) is 14.7 Å². The van der Waals surface area contributed by atoms with E-state index >= 15 is 0 Å². The molecule has 0 aromatic carbocycles. The average molecular weight is 474 g/mol. The number of ether oxygens (including phenoxy) is 5. The number of carbonyl (C=O) groups is 2. The summed E-state index contributed by atoms with van der Waals surface area (Å²) in [5.41, 5.74) is -0.296. The molecule has 10 atom stereocenters. The Morgan fingerprint density at radius 3 is 2.28 bits per heavy atom. The first-order valence-corrected chi connectivity index (χ1v) is 12.1. The fraction of sp³-hybridized carbons (Fsp3) is 0.864. The van der Waals surface area contributed by atoms with E-state index in [-0.39, 0.29) is 35.5 Å². The van der Waals surface area contributed by atoms with Crippen molar-refractivity contribution in [2.45, 2.75) is 90.2 Å². The molecular formula is C22H35NO8S. The number of hydrogen-bond donors (Lipinski definition) is 1. The lowest BCUT2D eigenvalue weighted by molar-refractivity contribution is -0.312. The molecule has 10 heteroatoms. The summed E-state index contributed by atoms with van der Waals surface area (Å²) in [6.07, 6.45) is -3.27. The van der Waals surface area contributed by atoms with E-state index in [2.05, 4.69) is 6.07 Å². The first-order valence-electron chi connectivity index (χ1n) is 11.0. The highest BCUT2D eigenvalue weighted by Gasteiger charge is 2.49. The van der Waals surface area contributed by atoms with Gasteiger partial charge in [-0.25, -0.2) is 0 Å². The van der Waals surface area contributed by atoms with Crippen LogP contribution in [0.15, 0.2) is 0 Å². The SMILES string of the molecule is CCC1O[C@@H](SCC#N)[C@@H](C)C(O[C@@H]2OC(COC(C)=O)[C@H](OC(C)=O)C(C)C2C)[C@@H]1O. The second-order valence-electron chi connectivity index (χ2n) is 8.51. The number of esters is 2. The Morgan fingerprint density at radius 1 is 1.03 bits per heavy atom. The summed E-state index contributed by atoms with van der Waals surface area (Å²) < 4.78 is 29.1. The van der Waals surface area contributed by atoms with Crippen LogP contribution in [0.2, 0.25) is 0 Å². The number of carbonyl (C=O) groups excluding carboxylic acids is 2. The molecule has 2 fully saturated rings. The molecule has 0 spiro atoms. The molecule has 9 nitrogen and oxygen atoms in total. The molecule has 0 aromatic heterocycles. The van der Waals surface area contributed by atoms with E-state index < -0.39 is 48.7 Å². The predicted octanol–water partition coefficient (Wildman–Crippen LogP) is 2.25. The summed E-state index contributed by atoms with van der Waals surface area (Å²) >= 11 is 1.38. The van der Waals surface area contributed by atoms with E-state index in [0.717, 1.165) is 0 Å². The number of thioether (sulfide) groups is 1. The van der Waals surface area contributed by atoms with Gasteiger partial charge in [-0.3, -0.25) is 9.59 Å². The minimum absolute atomic E-state index is 0.0751. The van der Waals surface area contributed by atoms with Gasteiger partial charge in [0.1, 0.15) is 30.4 Å². The first-order chi connectivity index (χ1) is 15.1. The molecule has 5 unspecified atom stereocenters. The Morgan fingerprint density at radius 2 is 1.72 bits per heavy atom. The minimum Gasteiger partial charge on any atom is -0.463 e. The predicted molar refractivity (Wildman–Crippen MR) is 116 cm³/mol. The van der Waals surface area contributed by atoms with Crippen molar-refractivity contribution >= 4 is 23.7 Å². The monoisotopic (exact) mass is 473 g/mol. The average Bonchev–Trinajstić information content (AvgIpc) is 2.74. The molecular weight excluding hydrogens is 438 g/mol. The van der Waals surface area contributed by atoms with E-state index in [0.29, 0.717) is 6.42 Å². The van der Waals surface area contributed by atoms with Crippen LogP contribution >= 0.6 is 11.8 Å². The smallest absolute Gasteiger partial charge is 0.303 e. The Kier molecular flexibility index (Phi) is 10.2. The lowest BCUT2D eigenvalue weighted by Crippen LogP contribution is -2.58. The quantitative estimate of drug-likeness (QED) is 0.525. The Hall–Kier alpha value is -1.38. The van der Waals surface area contributed by atoms with Crippen LogP contribution in [0.3, 0.4) is 0 Å². The third kappa shape index (κ3) is 6.58. The van der Waals surface area contributed by atoms with Crippen molar-refractivity contribution in [1.82, 2.24) is 0 Å². The summed E-state index contributed by atoms with van der Waals surface area (Å²) in [6.45, 7) is 10.3. The van der Waals surface area contributed by atoms with Gasteiger partial charge in [0.25, 0.3) is 0 Å². The first kappa shape index (κ1) is 26.9. The molecule has 0 aliphatic carbocycles. The van der Waals surface area contributed by atoms with Crippen LogP contribution in [0, 0.1) is 29.1 Å². The van der Waals surface area contributed by atoms with Crippen LogP contribution in [-0.2, 0) is 33.3 Å². The maximum atomic E-state index is 11.6. The fourth-order valence-corrected chi connectivity index (χ4v) is 5.10. The van der Waals surface area contributed by atoms with Gasteiger partial charge >= 0.3 is 11.9 Å². The van der Waals surface area contributed by atoms with Gasteiger partial charge in [-0.15, -0.1) is 11.8 Å². The van der Waals surface area contributed by atoms with E-state index in [1.54, 1.807) is 0 Å². The van der Waals surface area contributed by atoms with E-state index in [1.807, 2.05) is 27.7 Å². The summed E-state index contributed by atoms with van der Waals surface area (Å²) in [7, 11) is 0. The van der Waals surface area contributed by atoms with Gasteiger partial charge < -0.3 is 28.8 Å². The van der Waals surface area contributed by atoms with Crippen LogP contribution in [0.5, 0.6) is 0 Å².